The second-order valence-electron chi connectivity index (χ2n) is 4.70. The van der Waals surface area contributed by atoms with E-state index in [2.05, 4.69) is 10.4 Å². The molecular formula is C14H14ClF2N3O. The number of hydrogen-bond acceptors (Lipinski definition) is 2. The summed E-state index contributed by atoms with van der Waals surface area (Å²) < 4.78 is 28.9. The van der Waals surface area contributed by atoms with E-state index in [9.17, 15) is 13.6 Å². The molecule has 0 fully saturated rings. The zero-order valence-corrected chi connectivity index (χ0v) is 12.1. The van der Waals surface area contributed by atoms with Gasteiger partial charge in [0.05, 0.1) is 18.0 Å². The zero-order valence-electron chi connectivity index (χ0n) is 11.3. The number of aromatic nitrogens is 2. The van der Waals surface area contributed by atoms with Gasteiger partial charge in [-0.3, -0.25) is 9.48 Å². The summed E-state index contributed by atoms with van der Waals surface area (Å²) >= 11 is 5.58. The number of halogens is 3. The first-order chi connectivity index (χ1) is 9.97. The molecule has 0 unspecified atom stereocenters. The molecule has 112 valence electrons. The highest BCUT2D eigenvalue weighted by Gasteiger charge is 2.17. The minimum Gasteiger partial charge on any atom is -0.351 e. The van der Waals surface area contributed by atoms with E-state index in [0.717, 1.165) is 12.1 Å². The van der Waals surface area contributed by atoms with Gasteiger partial charge < -0.3 is 5.32 Å². The van der Waals surface area contributed by atoms with Crippen LogP contribution < -0.4 is 5.32 Å². The van der Waals surface area contributed by atoms with Crippen LogP contribution >= 0.6 is 11.6 Å². The molecule has 0 saturated carbocycles. The predicted molar refractivity (Wildman–Crippen MR) is 74.9 cm³/mol. The lowest BCUT2D eigenvalue weighted by molar-refractivity contribution is -0.121. The molecule has 0 bridgehead atoms. The SMILES string of the molecule is C[C@@H](Cn1cccn1)NC(=O)Cc1c(F)ccc(Cl)c1F. The Hall–Kier alpha value is -1.95. The molecule has 1 aromatic heterocycles. The molecule has 0 radical (unpaired) electrons. The fourth-order valence-electron chi connectivity index (χ4n) is 1.95. The minimum absolute atomic E-state index is 0.205. The quantitative estimate of drug-likeness (QED) is 0.862. The molecule has 7 heteroatoms. The van der Waals surface area contributed by atoms with Crippen LogP contribution in [-0.2, 0) is 17.8 Å². The van der Waals surface area contributed by atoms with Crippen LogP contribution in [0.5, 0.6) is 0 Å². The van der Waals surface area contributed by atoms with Crippen molar-refractivity contribution in [1.29, 1.82) is 0 Å². The smallest absolute Gasteiger partial charge is 0.224 e. The maximum Gasteiger partial charge on any atom is 0.224 e. The van der Waals surface area contributed by atoms with Gasteiger partial charge in [-0.05, 0) is 25.1 Å². The van der Waals surface area contributed by atoms with Crippen molar-refractivity contribution in [3.05, 3.63) is 52.8 Å². The van der Waals surface area contributed by atoms with Crippen LogP contribution in [0.2, 0.25) is 5.02 Å². The Morgan fingerprint density at radius 2 is 2.24 bits per heavy atom. The number of rotatable bonds is 5. The predicted octanol–water partition coefficient (Wildman–Crippen LogP) is 2.56. The van der Waals surface area contributed by atoms with E-state index in [-0.39, 0.29) is 16.6 Å². The van der Waals surface area contributed by atoms with Crippen molar-refractivity contribution >= 4 is 17.5 Å². The van der Waals surface area contributed by atoms with Gasteiger partial charge in [0.15, 0.2) is 0 Å². The fraction of sp³-hybridized carbons (Fsp3) is 0.286. The van der Waals surface area contributed by atoms with E-state index >= 15 is 0 Å². The Labute approximate surface area is 125 Å². The first-order valence-electron chi connectivity index (χ1n) is 6.36. The Balaban J connectivity index is 1.97. The third-order valence-electron chi connectivity index (χ3n) is 2.90. The Kier molecular flexibility index (Phi) is 4.90. The number of benzene rings is 1. The summed E-state index contributed by atoms with van der Waals surface area (Å²) in [5, 5.41) is 6.47. The summed E-state index contributed by atoms with van der Waals surface area (Å²) in [6.45, 7) is 2.25. The van der Waals surface area contributed by atoms with E-state index in [4.69, 9.17) is 11.6 Å². The summed E-state index contributed by atoms with van der Waals surface area (Å²) in [5.74, 6) is -2.16. The van der Waals surface area contributed by atoms with Gasteiger partial charge in [-0.25, -0.2) is 8.78 Å². The van der Waals surface area contributed by atoms with E-state index in [0.29, 0.717) is 6.54 Å². The van der Waals surface area contributed by atoms with Crippen molar-refractivity contribution in [3.63, 3.8) is 0 Å². The first kappa shape index (κ1) is 15.4. The normalized spacial score (nSPS) is 12.2. The lowest BCUT2D eigenvalue weighted by Gasteiger charge is -2.14. The third-order valence-corrected chi connectivity index (χ3v) is 3.20. The number of carbonyl (C=O) groups is 1. The topological polar surface area (TPSA) is 46.9 Å². The van der Waals surface area contributed by atoms with Gasteiger partial charge in [0, 0.05) is 24.0 Å². The highest BCUT2D eigenvalue weighted by Crippen LogP contribution is 2.21. The highest BCUT2D eigenvalue weighted by atomic mass is 35.5. The minimum atomic E-state index is -0.897. The number of nitrogens with zero attached hydrogens (tertiary/aromatic N) is 2. The van der Waals surface area contributed by atoms with Gasteiger partial charge in [-0.15, -0.1) is 0 Å². The van der Waals surface area contributed by atoms with Crippen molar-refractivity contribution < 1.29 is 13.6 Å². The van der Waals surface area contributed by atoms with Gasteiger partial charge in [-0.2, -0.15) is 5.10 Å². The average Bonchev–Trinajstić information content (AvgIpc) is 2.92. The molecule has 0 spiro atoms. The van der Waals surface area contributed by atoms with Crippen LogP contribution in [0, 0.1) is 11.6 Å². The first-order valence-corrected chi connectivity index (χ1v) is 6.74. The Bertz CT molecular complexity index is 631. The van der Waals surface area contributed by atoms with E-state index in [1.54, 1.807) is 30.1 Å². The summed E-state index contributed by atoms with van der Waals surface area (Å²) in [7, 11) is 0. The summed E-state index contributed by atoms with van der Waals surface area (Å²) in [4.78, 5) is 11.8. The van der Waals surface area contributed by atoms with Crippen molar-refractivity contribution in [2.24, 2.45) is 0 Å². The zero-order chi connectivity index (χ0) is 15.4. The van der Waals surface area contributed by atoms with Crippen molar-refractivity contribution in [2.45, 2.75) is 25.9 Å². The molecule has 1 amide bonds. The van der Waals surface area contributed by atoms with Crippen molar-refractivity contribution in [1.82, 2.24) is 15.1 Å². The Morgan fingerprint density at radius 3 is 2.90 bits per heavy atom. The average molecular weight is 314 g/mol. The number of hydrogen-bond donors (Lipinski definition) is 1. The molecule has 1 atom stereocenters. The fourth-order valence-corrected chi connectivity index (χ4v) is 2.13. The monoisotopic (exact) mass is 313 g/mol. The second kappa shape index (κ2) is 6.67. The maximum atomic E-state index is 13.7. The highest BCUT2D eigenvalue weighted by molar-refractivity contribution is 6.30. The molecule has 0 saturated heterocycles. The van der Waals surface area contributed by atoms with Crippen LogP contribution in [0.25, 0.3) is 0 Å². The largest absolute Gasteiger partial charge is 0.351 e. The molecule has 4 nitrogen and oxygen atoms in total. The van der Waals surface area contributed by atoms with Gasteiger partial charge in [0.2, 0.25) is 5.91 Å². The van der Waals surface area contributed by atoms with Crippen LogP contribution in [0.3, 0.4) is 0 Å². The van der Waals surface area contributed by atoms with Gasteiger partial charge >= 0.3 is 0 Å². The number of nitrogens with one attached hydrogen (secondary N) is 1. The van der Waals surface area contributed by atoms with Crippen molar-refractivity contribution in [3.8, 4) is 0 Å². The third kappa shape index (κ3) is 4.01. The number of amides is 1. The molecule has 21 heavy (non-hydrogen) atoms. The molecule has 2 rings (SSSR count). The maximum absolute atomic E-state index is 13.7. The van der Waals surface area contributed by atoms with Crippen molar-refractivity contribution in [2.75, 3.05) is 0 Å². The molecule has 0 aliphatic heterocycles. The van der Waals surface area contributed by atoms with Crippen LogP contribution in [0.15, 0.2) is 30.6 Å². The van der Waals surface area contributed by atoms with E-state index in [1.165, 1.54) is 0 Å². The Morgan fingerprint density at radius 1 is 1.48 bits per heavy atom. The van der Waals surface area contributed by atoms with Crippen LogP contribution in [0.4, 0.5) is 8.78 Å². The lowest BCUT2D eigenvalue weighted by atomic mass is 10.1. The van der Waals surface area contributed by atoms with Gasteiger partial charge in [0.1, 0.15) is 11.6 Å². The van der Waals surface area contributed by atoms with E-state index in [1.807, 2.05) is 0 Å². The summed E-state index contributed by atoms with van der Waals surface area (Å²) in [6, 6.07) is 3.71. The molecule has 1 heterocycles. The standard InChI is InChI=1S/C14H14ClF2N3O/c1-9(8-20-6-2-5-18-20)19-13(21)7-10-12(16)4-3-11(15)14(10)17/h2-6,9H,7-8H2,1H3,(H,19,21)/t9-/m0/s1. The number of carbonyl (C=O) groups excluding carboxylic acids is 1. The molecular weight excluding hydrogens is 300 g/mol. The van der Waals surface area contributed by atoms with Crippen LogP contribution in [0.1, 0.15) is 12.5 Å². The summed E-state index contributed by atoms with van der Waals surface area (Å²) in [6.07, 6.45) is 2.99. The lowest BCUT2D eigenvalue weighted by Crippen LogP contribution is -2.37. The molecule has 0 aliphatic carbocycles. The van der Waals surface area contributed by atoms with Crippen LogP contribution in [-0.4, -0.2) is 21.7 Å². The van der Waals surface area contributed by atoms with Gasteiger partial charge in [0.25, 0.3) is 0 Å². The molecule has 2 aromatic rings. The van der Waals surface area contributed by atoms with Gasteiger partial charge in [-0.1, -0.05) is 11.6 Å². The molecule has 1 N–H and O–H groups in total. The molecule has 0 aliphatic rings. The summed E-state index contributed by atoms with van der Waals surface area (Å²) in [5.41, 5.74) is -0.328. The second-order valence-corrected chi connectivity index (χ2v) is 5.10. The molecule has 1 aromatic carbocycles. The van der Waals surface area contributed by atoms with E-state index < -0.39 is 24.0 Å².